The molecule has 2 amide bonds. The number of likely N-dealkylation sites (N-methyl/N-ethyl adjacent to an activating group) is 1. The Bertz CT molecular complexity index is 504. The Morgan fingerprint density at radius 1 is 1.47 bits per heavy atom. The SMILES string of the molecule is CC(NC(=O)c1n[nH]c(C2CC2)c1N)C(=O)N(C)C. The molecular weight excluding hydrogens is 246 g/mol. The van der Waals surface area contributed by atoms with Gasteiger partial charge in [0.15, 0.2) is 5.69 Å². The van der Waals surface area contributed by atoms with Gasteiger partial charge in [-0.3, -0.25) is 14.7 Å². The van der Waals surface area contributed by atoms with Gasteiger partial charge in [-0.25, -0.2) is 0 Å². The molecule has 0 saturated heterocycles. The minimum atomic E-state index is -0.608. The van der Waals surface area contributed by atoms with Crippen molar-refractivity contribution in [2.24, 2.45) is 0 Å². The quantitative estimate of drug-likeness (QED) is 0.716. The number of aromatic nitrogens is 2. The first-order chi connectivity index (χ1) is 8.91. The Labute approximate surface area is 111 Å². The molecule has 1 aliphatic carbocycles. The highest BCUT2D eigenvalue weighted by atomic mass is 16.2. The molecular formula is C12H19N5O2. The minimum Gasteiger partial charge on any atom is -0.395 e. The van der Waals surface area contributed by atoms with Gasteiger partial charge in [0.25, 0.3) is 5.91 Å². The highest BCUT2D eigenvalue weighted by Crippen LogP contribution is 2.42. The van der Waals surface area contributed by atoms with Gasteiger partial charge in [0.2, 0.25) is 5.91 Å². The maximum atomic E-state index is 12.0. The summed E-state index contributed by atoms with van der Waals surface area (Å²) in [6.45, 7) is 1.63. The second-order valence-electron chi connectivity index (χ2n) is 5.10. The summed E-state index contributed by atoms with van der Waals surface area (Å²) < 4.78 is 0. The van der Waals surface area contributed by atoms with Gasteiger partial charge < -0.3 is 16.0 Å². The number of nitrogen functional groups attached to an aromatic ring is 1. The van der Waals surface area contributed by atoms with Crippen molar-refractivity contribution in [1.82, 2.24) is 20.4 Å². The summed E-state index contributed by atoms with van der Waals surface area (Å²) in [6.07, 6.45) is 2.14. The zero-order valence-electron chi connectivity index (χ0n) is 11.4. The number of carbonyl (C=O) groups excluding carboxylic acids is 2. The lowest BCUT2D eigenvalue weighted by atomic mass is 10.2. The molecule has 7 nitrogen and oxygen atoms in total. The Morgan fingerprint density at radius 3 is 2.63 bits per heavy atom. The number of carbonyl (C=O) groups is 2. The van der Waals surface area contributed by atoms with Crippen LogP contribution in [0, 0.1) is 0 Å². The third-order valence-corrected chi connectivity index (χ3v) is 3.19. The first kappa shape index (κ1) is 13.4. The Hall–Kier alpha value is -2.05. The first-order valence-corrected chi connectivity index (χ1v) is 6.27. The largest absolute Gasteiger partial charge is 0.395 e. The Morgan fingerprint density at radius 2 is 2.11 bits per heavy atom. The van der Waals surface area contributed by atoms with Crippen LogP contribution < -0.4 is 11.1 Å². The van der Waals surface area contributed by atoms with Gasteiger partial charge in [0.1, 0.15) is 6.04 Å². The van der Waals surface area contributed by atoms with Crippen LogP contribution in [0.25, 0.3) is 0 Å². The molecule has 1 heterocycles. The third-order valence-electron chi connectivity index (χ3n) is 3.19. The maximum Gasteiger partial charge on any atom is 0.274 e. The van der Waals surface area contributed by atoms with Crippen LogP contribution in [0.3, 0.4) is 0 Å². The van der Waals surface area contributed by atoms with Gasteiger partial charge in [0, 0.05) is 20.0 Å². The van der Waals surface area contributed by atoms with Crippen molar-refractivity contribution >= 4 is 17.5 Å². The van der Waals surface area contributed by atoms with Gasteiger partial charge in [-0.1, -0.05) is 0 Å². The monoisotopic (exact) mass is 265 g/mol. The average Bonchev–Trinajstić information content (AvgIpc) is 3.11. The summed E-state index contributed by atoms with van der Waals surface area (Å²) in [5.74, 6) is -0.205. The van der Waals surface area contributed by atoms with E-state index in [1.807, 2.05) is 0 Å². The number of rotatable bonds is 4. The van der Waals surface area contributed by atoms with Crippen molar-refractivity contribution in [3.63, 3.8) is 0 Å². The molecule has 2 rings (SSSR count). The van der Waals surface area contributed by atoms with Gasteiger partial charge in [-0.15, -0.1) is 0 Å². The van der Waals surface area contributed by atoms with Crippen molar-refractivity contribution in [1.29, 1.82) is 0 Å². The second kappa shape index (κ2) is 4.91. The maximum absolute atomic E-state index is 12.0. The predicted molar refractivity (Wildman–Crippen MR) is 70.6 cm³/mol. The summed E-state index contributed by atoms with van der Waals surface area (Å²) in [5, 5.41) is 9.36. The molecule has 1 atom stereocenters. The van der Waals surface area contributed by atoms with E-state index in [9.17, 15) is 9.59 Å². The standard InChI is InChI=1S/C12H19N5O2/c1-6(12(19)17(2)3)14-11(18)10-8(13)9(15-16-10)7-4-5-7/h6-7H,4-5,13H2,1-3H3,(H,14,18)(H,15,16). The lowest BCUT2D eigenvalue weighted by molar-refractivity contribution is -0.130. The van der Waals surface area contributed by atoms with Crippen LogP contribution in [-0.2, 0) is 4.79 Å². The number of hydrogen-bond donors (Lipinski definition) is 3. The Balaban J connectivity index is 2.05. The van der Waals surface area contributed by atoms with Crippen molar-refractivity contribution in [2.45, 2.75) is 31.7 Å². The summed E-state index contributed by atoms with van der Waals surface area (Å²) in [6, 6.07) is -0.608. The zero-order chi connectivity index (χ0) is 14.2. The number of nitrogens with two attached hydrogens (primary N) is 1. The topological polar surface area (TPSA) is 104 Å². The number of anilines is 1. The second-order valence-corrected chi connectivity index (χ2v) is 5.10. The lowest BCUT2D eigenvalue weighted by Gasteiger charge is -2.17. The van der Waals surface area contributed by atoms with Crippen LogP contribution in [-0.4, -0.2) is 47.0 Å². The van der Waals surface area contributed by atoms with Gasteiger partial charge in [-0.05, 0) is 19.8 Å². The molecule has 7 heteroatoms. The summed E-state index contributed by atoms with van der Waals surface area (Å²) in [5.41, 5.74) is 7.30. The molecule has 1 aromatic rings. The van der Waals surface area contributed by atoms with Gasteiger partial charge >= 0.3 is 0 Å². The lowest BCUT2D eigenvalue weighted by Crippen LogP contribution is -2.44. The average molecular weight is 265 g/mol. The molecule has 0 aliphatic heterocycles. The van der Waals surface area contributed by atoms with E-state index >= 15 is 0 Å². The van der Waals surface area contributed by atoms with Crippen molar-refractivity contribution < 1.29 is 9.59 Å². The molecule has 0 bridgehead atoms. The van der Waals surface area contributed by atoms with E-state index in [1.165, 1.54) is 4.90 Å². The van der Waals surface area contributed by atoms with E-state index < -0.39 is 11.9 Å². The molecule has 1 unspecified atom stereocenters. The molecule has 0 spiro atoms. The van der Waals surface area contributed by atoms with E-state index in [0.29, 0.717) is 11.6 Å². The van der Waals surface area contributed by atoms with E-state index in [1.54, 1.807) is 21.0 Å². The number of H-pyrrole nitrogens is 1. The smallest absolute Gasteiger partial charge is 0.274 e. The first-order valence-electron chi connectivity index (χ1n) is 6.27. The number of amides is 2. The van der Waals surface area contributed by atoms with Crippen LogP contribution in [0.15, 0.2) is 0 Å². The molecule has 0 aromatic carbocycles. The van der Waals surface area contributed by atoms with Crippen LogP contribution >= 0.6 is 0 Å². The van der Waals surface area contributed by atoms with Crippen LogP contribution in [0.2, 0.25) is 0 Å². The number of aromatic amines is 1. The summed E-state index contributed by atoms with van der Waals surface area (Å²) >= 11 is 0. The fourth-order valence-corrected chi connectivity index (χ4v) is 1.93. The molecule has 1 saturated carbocycles. The van der Waals surface area contributed by atoms with Crippen LogP contribution in [0.5, 0.6) is 0 Å². The van der Waals surface area contributed by atoms with E-state index in [2.05, 4.69) is 15.5 Å². The van der Waals surface area contributed by atoms with E-state index in [-0.39, 0.29) is 11.6 Å². The highest BCUT2D eigenvalue weighted by molar-refractivity contribution is 6.00. The van der Waals surface area contributed by atoms with Gasteiger partial charge in [-0.2, -0.15) is 5.10 Å². The van der Waals surface area contributed by atoms with Crippen molar-refractivity contribution in [3.8, 4) is 0 Å². The van der Waals surface area contributed by atoms with Crippen molar-refractivity contribution in [3.05, 3.63) is 11.4 Å². The predicted octanol–water partition coefficient (Wildman–Crippen LogP) is 0.0758. The Kier molecular flexibility index (Phi) is 3.46. The summed E-state index contributed by atoms with van der Waals surface area (Å²) in [7, 11) is 3.28. The van der Waals surface area contributed by atoms with Crippen LogP contribution in [0.4, 0.5) is 5.69 Å². The van der Waals surface area contributed by atoms with Crippen molar-refractivity contribution in [2.75, 3.05) is 19.8 Å². The third kappa shape index (κ3) is 2.69. The minimum absolute atomic E-state index is 0.167. The van der Waals surface area contributed by atoms with E-state index in [4.69, 9.17) is 5.73 Å². The highest BCUT2D eigenvalue weighted by Gasteiger charge is 2.31. The molecule has 104 valence electrons. The molecule has 1 aliphatic rings. The van der Waals surface area contributed by atoms with E-state index in [0.717, 1.165) is 18.5 Å². The molecule has 1 fully saturated rings. The number of nitrogens with one attached hydrogen (secondary N) is 2. The van der Waals surface area contributed by atoms with Crippen LogP contribution in [0.1, 0.15) is 41.9 Å². The fourth-order valence-electron chi connectivity index (χ4n) is 1.93. The summed E-state index contributed by atoms with van der Waals surface area (Å²) in [4.78, 5) is 25.1. The number of nitrogens with zero attached hydrogens (tertiary/aromatic N) is 2. The van der Waals surface area contributed by atoms with Gasteiger partial charge in [0.05, 0.1) is 11.4 Å². The molecule has 1 aromatic heterocycles. The number of hydrogen-bond acceptors (Lipinski definition) is 4. The molecule has 19 heavy (non-hydrogen) atoms. The zero-order valence-corrected chi connectivity index (χ0v) is 11.4. The molecule has 4 N–H and O–H groups in total. The fraction of sp³-hybridized carbons (Fsp3) is 0.583. The molecule has 0 radical (unpaired) electrons. The normalized spacial score (nSPS) is 15.9.